The monoisotopic (exact) mass is 102 g/mol. The average molecular weight is 102 g/mol. The summed E-state index contributed by atoms with van der Waals surface area (Å²) in [5.74, 6) is 1.78. The fourth-order valence-corrected chi connectivity index (χ4v) is 0.545. The zero-order valence-electron chi connectivity index (χ0n) is 3.93. The molecule has 0 rings (SSSR count). The van der Waals surface area contributed by atoms with Crippen molar-refractivity contribution in [2.24, 2.45) is 0 Å². The minimum Gasteiger partial charge on any atom is -0.295 e. The van der Waals surface area contributed by atoms with Crippen LogP contribution in [0.1, 0.15) is 6.92 Å². The van der Waals surface area contributed by atoms with Gasteiger partial charge < -0.3 is 0 Å². The molecule has 0 unspecified atom stereocenters. The van der Waals surface area contributed by atoms with Crippen LogP contribution in [0.25, 0.3) is 0 Å². The number of hydrogen-bond donors (Lipinski definition) is 0. The van der Waals surface area contributed by atoms with Gasteiger partial charge in [0.05, 0.1) is 0 Å². The summed E-state index contributed by atoms with van der Waals surface area (Å²) in [6.45, 7) is 3.47. The summed E-state index contributed by atoms with van der Waals surface area (Å²) in [6, 6.07) is 0. The molecule has 0 amide bonds. The quantitative estimate of drug-likeness (QED) is 0.450. The summed E-state index contributed by atoms with van der Waals surface area (Å²) in [7, 11) is 1.05. The summed E-state index contributed by atoms with van der Waals surface area (Å²) in [6.07, 6.45) is 0. The van der Waals surface area contributed by atoms with Crippen LogP contribution in [0.15, 0.2) is 0 Å². The molecular formula is C4H7OP. The maximum Gasteiger partial charge on any atom is 0.156 e. The third kappa shape index (κ3) is 3.84. The van der Waals surface area contributed by atoms with Gasteiger partial charge in [-0.2, -0.15) is 0 Å². The van der Waals surface area contributed by atoms with Gasteiger partial charge in [-0.15, -0.1) is 8.20 Å². The molecule has 0 N–H and O–H groups in total. The molecule has 0 aromatic carbocycles. The van der Waals surface area contributed by atoms with Crippen LogP contribution in [0.4, 0.5) is 0 Å². The molecule has 0 aliphatic rings. The minimum absolute atomic E-state index is 0.152. The SMILES string of the molecule is CP=CC(C)=O. The molecule has 6 heavy (non-hydrogen) atoms. The van der Waals surface area contributed by atoms with Crippen molar-refractivity contribution in [3.05, 3.63) is 0 Å². The van der Waals surface area contributed by atoms with E-state index in [1.807, 2.05) is 6.66 Å². The van der Waals surface area contributed by atoms with Crippen molar-refractivity contribution in [1.82, 2.24) is 0 Å². The number of hydrogen-bond acceptors (Lipinski definition) is 1. The molecule has 0 spiro atoms. The van der Waals surface area contributed by atoms with Crippen LogP contribution in [0, 0.1) is 0 Å². The van der Waals surface area contributed by atoms with E-state index in [2.05, 4.69) is 0 Å². The van der Waals surface area contributed by atoms with Gasteiger partial charge in [0.15, 0.2) is 5.78 Å². The number of carbonyl (C=O) groups is 1. The predicted octanol–water partition coefficient (Wildman–Crippen LogP) is 0.954. The first-order valence-electron chi connectivity index (χ1n) is 1.70. The molecule has 0 aliphatic carbocycles. The fourth-order valence-electron chi connectivity index (χ4n) is 0.182. The second-order valence-electron chi connectivity index (χ2n) is 0.998. The summed E-state index contributed by atoms with van der Waals surface area (Å²) in [5.41, 5.74) is 0. The molecule has 0 aromatic heterocycles. The van der Waals surface area contributed by atoms with Crippen LogP contribution < -0.4 is 0 Å². The maximum absolute atomic E-state index is 9.98. The van der Waals surface area contributed by atoms with Crippen molar-refractivity contribution in [2.45, 2.75) is 6.92 Å². The van der Waals surface area contributed by atoms with Crippen molar-refractivity contribution < 1.29 is 4.79 Å². The third-order valence-corrected chi connectivity index (χ3v) is 0.933. The number of ketones is 1. The normalized spacial score (nSPS) is 9.67. The Bertz CT molecular complexity index is 75.6. The van der Waals surface area contributed by atoms with E-state index >= 15 is 0 Å². The Morgan fingerprint density at radius 1 is 1.83 bits per heavy atom. The van der Waals surface area contributed by atoms with Crippen LogP contribution in [0.2, 0.25) is 0 Å². The smallest absolute Gasteiger partial charge is 0.156 e. The van der Waals surface area contributed by atoms with Gasteiger partial charge in [0.25, 0.3) is 0 Å². The third-order valence-electron chi connectivity index (χ3n) is 0.311. The topological polar surface area (TPSA) is 17.1 Å². The number of Topliss-reactive ketones (excluding diaryl/α,β-unsaturated/α-hetero) is 1. The molecule has 0 aliphatic heterocycles. The van der Waals surface area contributed by atoms with E-state index in [1.54, 1.807) is 12.7 Å². The van der Waals surface area contributed by atoms with Crippen molar-refractivity contribution in [1.29, 1.82) is 0 Å². The van der Waals surface area contributed by atoms with Crippen LogP contribution in [0.5, 0.6) is 0 Å². The van der Waals surface area contributed by atoms with Crippen molar-refractivity contribution in [2.75, 3.05) is 6.66 Å². The molecule has 0 atom stereocenters. The van der Waals surface area contributed by atoms with E-state index in [0.29, 0.717) is 0 Å². The number of carbonyl (C=O) groups excluding carboxylic acids is 1. The Labute approximate surface area is 39.2 Å². The molecule has 2 heteroatoms. The maximum atomic E-state index is 9.98. The van der Waals surface area contributed by atoms with E-state index in [9.17, 15) is 4.79 Å². The zero-order chi connectivity index (χ0) is 4.99. The van der Waals surface area contributed by atoms with E-state index in [4.69, 9.17) is 0 Å². The highest BCUT2D eigenvalue weighted by Crippen LogP contribution is 1.78. The van der Waals surface area contributed by atoms with Crippen LogP contribution >= 0.6 is 8.20 Å². The van der Waals surface area contributed by atoms with Crippen molar-refractivity contribution >= 4 is 19.8 Å². The first-order valence-corrected chi connectivity index (χ1v) is 3.11. The van der Waals surface area contributed by atoms with Gasteiger partial charge in [0.1, 0.15) is 0 Å². The first-order chi connectivity index (χ1) is 2.77. The van der Waals surface area contributed by atoms with Crippen molar-refractivity contribution in [3.8, 4) is 0 Å². The van der Waals surface area contributed by atoms with Gasteiger partial charge >= 0.3 is 0 Å². The number of rotatable bonds is 1. The Morgan fingerprint density at radius 2 is 2.33 bits per heavy atom. The predicted molar refractivity (Wildman–Crippen MR) is 29.6 cm³/mol. The van der Waals surface area contributed by atoms with E-state index in [1.165, 1.54) is 0 Å². The van der Waals surface area contributed by atoms with Gasteiger partial charge in [-0.1, -0.05) is 0 Å². The molecular weight excluding hydrogens is 95.0 g/mol. The molecule has 0 saturated carbocycles. The van der Waals surface area contributed by atoms with Crippen LogP contribution in [-0.2, 0) is 4.79 Å². The molecule has 0 fully saturated rings. The van der Waals surface area contributed by atoms with E-state index < -0.39 is 0 Å². The fraction of sp³-hybridized carbons (Fsp3) is 0.500. The zero-order valence-corrected chi connectivity index (χ0v) is 4.83. The molecule has 0 radical (unpaired) electrons. The highest BCUT2D eigenvalue weighted by atomic mass is 31.1. The summed E-state index contributed by atoms with van der Waals surface area (Å²) < 4.78 is 0. The lowest BCUT2D eigenvalue weighted by Gasteiger charge is -1.67. The van der Waals surface area contributed by atoms with Gasteiger partial charge in [0, 0.05) is 5.80 Å². The lowest BCUT2D eigenvalue weighted by Crippen LogP contribution is -1.84. The van der Waals surface area contributed by atoms with Crippen molar-refractivity contribution in [3.63, 3.8) is 0 Å². The van der Waals surface area contributed by atoms with Gasteiger partial charge in [-0.05, 0) is 13.6 Å². The first kappa shape index (κ1) is 5.84. The lowest BCUT2D eigenvalue weighted by molar-refractivity contribution is -0.110. The van der Waals surface area contributed by atoms with Gasteiger partial charge in [-0.3, -0.25) is 4.79 Å². The molecule has 34 valence electrons. The Balaban J connectivity index is 3.30. The van der Waals surface area contributed by atoms with Crippen LogP contribution in [0.3, 0.4) is 0 Å². The Morgan fingerprint density at radius 3 is 2.33 bits per heavy atom. The van der Waals surface area contributed by atoms with Gasteiger partial charge in [-0.25, -0.2) is 0 Å². The molecule has 1 nitrogen and oxygen atoms in total. The Hall–Kier alpha value is -0.160. The molecule has 0 bridgehead atoms. The summed E-state index contributed by atoms with van der Waals surface area (Å²) >= 11 is 0. The lowest BCUT2D eigenvalue weighted by atomic mass is 10.5. The highest BCUT2D eigenvalue weighted by molar-refractivity contribution is 7.40. The standard InChI is InChI=1S/C4H7OP/c1-4(5)3-6-2/h3H,1-2H3. The van der Waals surface area contributed by atoms with E-state index in [0.717, 1.165) is 8.20 Å². The average Bonchev–Trinajstić information content (AvgIpc) is 1.35. The van der Waals surface area contributed by atoms with Gasteiger partial charge in [0.2, 0.25) is 0 Å². The molecule has 0 aromatic rings. The van der Waals surface area contributed by atoms with Crippen LogP contribution in [-0.4, -0.2) is 18.2 Å². The summed E-state index contributed by atoms with van der Waals surface area (Å²) in [5, 5.41) is 0. The summed E-state index contributed by atoms with van der Waals surface area (Å²) in [4.78, 5) is 9.98. The second-order valence-corrected chi connectivity index (χ2v) is 1.77. The second kappa shape index (κ2) is 3.05. The molecule has 0 heterocycles. The minimum atomic E-state index is 0.152. The van der Waals surface area contributed by atoms with E-state index in [-0.39, 0.29) is 5.78 Å². The largest absolute Gasteiger partial charge is 0.295 e. The highest BCUT2D eigenvalue weighted by Gasteiger charge is 1.73. The Kier molecular flexibility index (Phi) is 2.97. The molecule has 0 saturated heterocycles.